The standard InChI is InChI=1S/C14H13NO7S2/c1-11-2-6-14(7-3-11)24(20,21)22-10-23(18,19)13-8-4-12(5-9-13)15(16)17/h2-9H,10H2,1H3. The van der Waals surface area contributed by atoms with Crippen molar-refractivity contribution in [3.8, 4) is 0 Å². The van der Waals surface area contributed by atoms with Crippen molar-refractivity contribution in [2.45, 2.75) is 16.7 Å². The fourth-order valence-electron chi connectivity index (χ4n) is 1.74. The lowest BCUT2D eigenvalue weighted by atomic mass is 10.2. The average molecular weight is 371 g/mol. The molecule has 2 aromatic carbocycles. The van der Waals surface area contributed by atoms with E-state index >= 15 is 0 Å². The van der Waals surface area contributed by atoms with E-state index < -0.39 is 30.8 Å². The van der Waals surface area contributed by atoms with Crippen molar-refractivity contribution in [3.05, 3.63) is 64.2 Å². The van der Waals surface area contributed by atoms with Crippen LogP contribution in [-0.4, -0.2) is 27.7 Å². The minimum atomic E-state index is -4.23. The molecule has 0 spiro atoms. The van der Waals surface area contributed by atoms with Crippen LogP contribution in [0.3, 0.4) is 0 Å². The highest BCUT2D eigenvalue weighted by molar-refractivity contribution is 7.92. The summed E-state index contributed by atoms with van der Waals surface area (Å²) in [5.74, 6) is -1.10. The number of benzene rings is 2. The molecule has 0 saturated heterocycles. The second kappa shape index (κ2) is 6.67. The summed E-state index contributed by atoms with van der Waals surface area (Å²) in [6, 6.07) is 9.81. The van der Waals surface area contributed by atoms with Gasteiger partial charge in [0.1, 0.15) is 0 Å². The predicted octanol–water partition coefficient (Wildman–Crippen LogP) is 2.04. The number of nitrogens with zero attached hydrogens (tertiary/aromatic N) is 1. The third-order valence-electron chi connectivity index (χ3n) is 3.07. The van der Waals surface area contributed by atoms with Crippen LogP contribution in [0.4, 0.5) is 5.69 Å². The molecular formula is C14H13NO7S2. The van der Waals surface area contributed by atoms with Gasteiger partial charge in [-0.05, 0) is 31.2 Å². The fraction of sp³-hybridized carbons (Fsp3) is 0.143. The van der Waals surface area contributed by atoms with Gasteiger partial charge in [0.2, 0.25) is 9.84 Å². The highest BCUT2D eigenvalue weighted by Crippen LogP contribution is 2.19. The molecule has 128 valence electrons. The molecule has 0 fully saturated rings. The number of aryl methyl sites for hydroxylation is 1. The molecule has 0 heterocycles. The average Bonchev–Trinajstić information content (AvgIpc) is 2.54. The SMILES string of the molecule is Cc1ccc(S(=O)(=O)OCS(=O)(=O)c2ccc([N+](=O)[O-])cc2)cc1. The minimum Gasteiger partial charge on any atom is -0.258 e. The number of rotatable bonds is 6. The molecule has 0 N–H and O–H groups in total. The molecule has 2 aromatic rings. The van der Waals surface area contributed by atoms with Gasteiger partial charge < -0.3 is 0 Å². The van der Waals surface area contributed by atoms with Gasteiger partial charge in [0, 0.05) is 12.1 Å². The maximum atomic E-state index is 12.1. The maximum Gasteiger partial charge on any atom is 0.297 e. The molecular weight excluding hydrogens is 358 g/mol. The van der Waals surface area contributed by atoms with E-state index in [1.54, 1.807) is 19.1 Å². The summed E-state index contributed by atoms with van der Waals surface area (Å²) in [5.41, 5.74) is 0.564. The van der Waals surface area contributed by atoms with Crippen LogP contribution in [0.2, 0.25) is 0 Å². The summed E-state index contributed by atoms with van der Waals surface area (Å²) in [6.07, 6.45) is 0. The van der Waals surface area contributed by atoms with Crippen LogP contribution in [-0.2, 0) is 24.1 Å². The summed E-state index contributed by atoms with van der Waals surface area (Å²) in [6.45, 7) is 1.77. The Labute approximate surface area is 138 Å². The molecule has 0 atom stereocenters. The zero-order valence-corrected chi connectivity index (χ0v) is 14.1. The molecule has 0 aliphatic rings. The van der Waals surface area contributed by atoms with Gasteiger partial charge in [-0.25, -0.2) is 12.6 Å². The Hall–Kier alpha value is -2.30. The number of sulfone groups is 1. The summed E-state index contributed by atoms with van der Waals surface area (Å²) in [4.78, 5) is 9.45. The number of hydrogen-bond acceptors (Lipinski definition) is 7. The van der Waals surface area contributed by atoms with Gasteiger partial charge in [-0.15, -0.1) is 0 Å². The lowest BCUT2D eigenvalue weighted by molar-refractivity contribution is -0.384. The first kappa shape index (κ1) is 18.0. The Kier molecular flexibility index (Phi) is 5.02. The van der Waals surface area contributed by atoms with Crippen molar-refractivity contribution in [1.82, 2.24) is 0 Å². The molecule has 8 nitrogen and oxygen atoms in total. The van der Waals surface area contributed by atoms with Crippen LogP contribution in [0.25, 0.3) is 0 Å². The van der Waals surface area contributed by atoms with Crippen LogP contribution in [0.5, 0.6) is 0 Å². The maximum absolute atomic E-state index is 12.1. The van der Waals surface area contributed by atoms with Gasteiger partial charge in [-0.1, -0.05) is 17.7 Å². The van der Waals surface area contributed by atoms with Crippen molar-refractivity contribution in [3.63, 3.8) is 0 Å². The van der Waals surface area contributed by atoms with E-state index in [-0.39, 0.29) is 15.5 Å². The Bertz CT molecular complexity index is 947. The van der Waals surface area contributed by atoms with Gasteiger partial charge in [0.05, 0.1) is 14.7 Å². The number of hydrogen-bond donors (Lipinski definition) is 0. The summed E-state index contributed by atoms with van der Waals surface area (Å²) in [7, 11) is -8.30. The highest BCUT2D eigenvalue weighted by atomic mass is 32.2. The zero-order chi connectivity index (χ0) is 18.0. The van der Waals surface area contributed by atoms with Gasteiger partial charge in [0.15, 0.2) is 5.94 Å². The smallest absolute Gasteiger partial charge is 0.258 e. The molecule has 0 unspecified atom stereocenters. The quantitative estimate of drug-likeness (QED) is 0.433. The lowest BCUT2D eigenvalue weighted by Gasteiger charge is -2.07. The number of nitro groups is 1. The highest BCUT2D eigenvalue weighted by Gasteiger charge is 2.22. The van der Waals surface area contributed by atoms with Crippen molar-refractivity contribution in [1.29, 1.82) is 0 Å². The minimum absolute atomic E-state index is 0.160. The molecule has 0 aliphatic carbocycles. The van der Waals surface area contributed by atoms with Crippen LogP contribution < -0.4 is 0 Å². The molecule has 2 rings (SSSR count). The van der Waals surface area contributed by atoms with Crippen LogP contribution in [0.15, 0.2) is 58.3 Å². The largest absolute Gasteiger partial charge is 0.297 e. The van der Waals surface area contributed by atoms with Gasteiger partial charge >= 0.3 is 0 Å². The van der Waals surface area contributed by atoms with E-state index in [9.17, 15) is 26.9 Å². The summed E-state index contributed by atoms with van der Waals surface area (Å²) >= 11 is 0. The Morgan fingerprint density at radius 3 is 1.92 bits per heavy atom. The van der Waals surface area contributed by atoms with E-state index in [4.69, 9.17) is 0 Å². The normalized spacial score (nSPS) is 12.0. The lowest BCUT2D eigenvalue weighted by Crippen LogP contribution is -2.15. The molecule has 0 aromatic heterocycles. The molecule has 0 radical (unpaired) electrons. The Morgan fingerprint density at radius 2 is 1.42 bits per heavy atom. The van der Waals surface area contributed by atoms with E-state index in [1.807, 2.05) is 0 Å². The number of nitro benzene ring substituents is 1. The first-order chi connectivity index (χ1) is 11.1. The third-order valence-corrected chi connectivity index (χ3v) is 5.92. The van der Waals surface area contributed by atoms with Gasteiger partial charge in [-0.2, -0.15) is 8.42 Å². The summed E-state index contributed by atoms with van der Waals surface area (Å²) < 4.78 is 52.8. The second-order valence-corrected chi connectivity index (χ2v) is 8.42. The van der Waals surface area contributed by atoms with Crippen molar-refractivity contribution >= 4 is 25.6 Å². The molecule has 0 aliphatic heterocycles. The number of non-ortho nitro benzene ring substituents is 1. The molecule has 10 heteroatoms. The van der Waals surface area contributed by atoms with E-state index in [0.29, 0.717) is 0 Å². The van der Waals surface area contributed by atoms with Gasteiger partial charge in [-0.3, -0.25) is 10.1 Å². The van der Waals surface area contributed by atoms with Crippen molar-refractivity contribution < 1.29 is 25.9 Å². The molecule has 0 bridgehead atoms. The van der Waals surface area contributed by atoms with E-state index in [2.05, 4.69) is 4.18 Å². The zero-order valence-electron chi connectivity index (χ0n) is 12.4. The third kappa shape index (κ3) is 4.16. The Morgan fingerprint density at radius 1 is 0.917 bits per heavy atom. The van der Waals surface area contributed by atoms with E-state index in [1.165, 1.54) is 12.1 Å². The second-order valence-electron chi connectivity index (χ2n) is 4.87. The van der Waals surface area contributed by atoms with Crippen LogP contribution in [0.1, 0.15) is 5.56 Å². The van der Waals surface area contributed by atoms with Crippen LogP contribution in [0, 0.1) is 17.0 Å². The van der Waals surface area contributed by atoms with Gasteiger partial charge in [0.25, 0.3) is 15.8 Å². The Balaban J connectivity index is 2.17. The molecule has 24 heavy (non-hydrogen) atoms. The monoisotopic (exact) mass is 371 g/mol. The summed E-state index contributed by atoms with van der Waals surface area (Å²) in [5, 5.41) is 10.6. The van der Waals surface area contributed by atoms with E-state index in [0.717, 1.165) is 29.8 Å². The van der Waals surface area contributed by atoms with Crippen molar-refractivity contribution in [2.24, 2.45) is 0 Å². The van der Waals surface area contributed by atoms with Crippen molar-refractivity contribution in [2.75, 3.05) is 5.94 Å². The molecule has 0 saturated carbocycles. The fourth-order valence-corrected chi connectivity index (χ4v) is 4.05. The predicted molar refractivity (Wildman–Crippen MR) is 84.6 cm³/mol. The van der Waals surface area contributed by atoms with Crippen LogP contribution >= 0.6 is 0 Å². The first-order valence-corrected chi connectivity index (χ1v) is 9.61. The topological polar surface area (TPSA) is 121 Å². The molecule has 0 amide bonds. The first-order valence-electron chi connectivity index (χ1n) is 6.55.